The van der Waals surface area contributed by atoms with Crippen LogP contribution in [-0.2, 0) is 20.9 Å². The second kappa shape index (κ2) is 9.81. The maximum absolute atomic E-state index is 12.9. The minimum Gasteiger partial charge on any atom is -0.456 e. The SMILES string of the molecule is C=Cc1cn([C@H]2C[C@H](OC(=O)c3ccc[n+](C)c3)[C@@H](CO[Si](C)(C)C(C)(C)C)O2)c(=O)[nH]c1=O. The van der Waals surface area contributed by atoms with E-state index in [-0.39, 0.29) is 23.6 Å². The molecule has 2 aromatic rings. The molecule has 0 aliphatic carbocycles. The van der Waals surface area contributed by atoms with Gasteiger partial charge in [-0.25, -0.2) is 14.2 Å². The van der Waals surface area contributed by atoms with Crippen molar-refractivity contribution in [3.8, 4) is 0 Å². The van der Waals surface area contributed by atoms with Crippen LogP contribution in [0.5, 0.6) is 0 Å². The molecule has 1 N–H and O–H groups in total. The van der Waals surface area contributed by atoms with Crippen molar-refractivity contribution in [2.75, 3.05) is 6.61 Å². The molecule has 3 atom stereocenters. The number of hydrogen-bond acceptors (Lipinski definition) is 6. The number of carbonyl (C=O) groups excluding carboxylic acids is 1. The van der Waals surface area contributed by atoms with Crippen molar-refractivity contribution in [3.63, 3.8) is 0 Å². The third-order valence-corrected chi connectivity index (χ3v) is 11.1. The van der Waals surface area contributed by atoms with Crippen molar-refractivity contribution in [2.45, 2.75) is 63.8 Å². The Balaban J connectivity index is 1.87. The van der Waals surface area contributed by atoms with Gasteiger partial charge in [-0.3, -0.25) is 14.3 Å². The lowest BCUT2D eigenvalue weighted by Gasteiger charge is -2.37. The molecule has 0 unspecified atom stereocenters. The number of nitrogens with zero attached hydrogens (tertiary/aromatic N) is 2. The van der Waals surface area contributed by atoms with Crippen LogP contribution in [0.15, 0.2) is 46.9 Å². The van der Waals surface area contributed by atoms with Crippen LogP contribution in [0.25, 0.3) is 6.08 Å². The predicted molar refractivity (Wildman–Crippen MR) is 130 cm³/mol. The molecular formula is C24H34N3O6Si+. The minimum absolute atomic E-state index is 0.00924. The molecule has 1 saturated heterocycles. The molecule has 3 heterocycles. The van der Waals surface area contributed by atoms with Gasteiger partial charge in [0.05, 0.1) is 12.2 Å². The van der Waals surface area contributed by atoms with E-state index in [0.717, 1.165) is 0 Å². The third-order valence-electron chi connectivity index (χ3n) is 6.55. The van der Waals surface area contributed by atoms with Gasteiger partial charge in [-0.2, -0.15) is 0 Å². The third kappa shape index (κ3) is 5.62. The van der Waals surface area contributed by atoms with E-state index < -0.39 is 44.0 Å². The Kier molecular flexibility index (Phi) is 7.44. The number of aryl methyl sites for hydroxylation is 1. The summed E-state index contributed by atoms with van der Waals surface area (Å²) in [7, 11) is -0.280. The van der Waals surface area contributed by atoms with Crippen molar-refractivity contribution in [2.24, 2.45) is 7.05 Å². The van der Waals surface area contributed by atoms with Crippen LogP contribution < -0.4 is 15.8 Å². The molecule has 0 saturated carbocycles. The first-order valence-electron chi connectivity index (χ1n) is 11.3. The molecule has 0 bridgehead atoms. The zero-order chi connectivity index (χ0) is 25.3. The zero-order valence-electron chi connectivity index (χ0n) is 20.7. The van der Waals surface area contributed by atoms with E-state index in [2.05, 4.69) is 45.4 Å². The second-order valence-corrected chi connectivity index (χ2v) is 14.9. The van der Waals surface area contributed by atoms with Crippen LogP contribution in [0.3, 0.4) is 0 Å². The molecule has 0 amide bonds. The molecule has 0 radical (unpaired) electrons. The second-order valence-electron chi connectivity index (χ2n) is 10.1. The fraction of sp³-hybridized carbons (Fsp3) is 0.500. The molecule has 1 aliphatic rings. The molecule has 0 aromatic carbocycles. The van der Waals surface area contributed by atoms with Gasteiger partial charge in [0.2, 0.25) is 0 Å². The van der Waals surface area contributed by atoms with Crippen LogP contribution in [0, 0.1) is 0 Å². The fourth-order valence-corrected chi connectivity index (χ4v) is 4.44. The maximum Gasteiger partial charge on any atom is 0.344 e. The Hall–Kier alpha value is -2.82. The lowest BCUT2D eigenvalue weighted by atomic mass is 10.1. The summed E-state index contributed by atoms with van der Waals surface area (Å²) < 4.78 is 21.4. The lowest BCUT2D eigenvalue weighted by Crippen LogP contribution is -2.44. The summed E-state index contributed by atoms with van der Waals surface area (Å²) in [4.78, 5) is 39.6. The molecule has 2 aromatic heterocycles. The molecule has 34 heavy (non-hydrogen) atoms. The Morgan fingerprint density at radius 2 is 2.09 bits per heavy atom. The Bertz CT molecular complexity index is 1180. The molecule has 184 valence electrons. The van der Waals surface area contributed by atoms with Gasteiger partial charge in [0.15, 0.2) is 20.7 Å². The van der Waals surface area contributed by atoms with Gasteiger partial charge >= 0.3 is 11.7 Å². The van der Waals surface area contributed by atoms with Crippen molar-refractivity contribution in [1.82, 2.24) is 9.55 Å². The zero-order valence-corrected chi connectivity index (χ0v) is 21.7. The average Bonchev–Trinajstić information content (AvgIpc) is 3.14. The highest BCUT2D eigenvalue weighted by molar-refractivity contribution is 6.74. The number of pyridine rings is 1. The maximum atomic E-state index is 12.9. The first kappa shape index (κ1) is 25.8. The number of hydrogen-bond donors (Lipinski definition) is 1. The quantitative estimate of drug-likeness (QED) is 0.365. The highest BCUT2D eigenvalue weighted by atomic mass is 28.4. The van der Waals surface area contributed by atoms with E-state index in [9.17, 15) is 14.4 Å². The van der Waals surface area contributed by atoms with Crippen molar-refractivity contribution in [1.29, 1.82) is 0 Å². The van der Waals surface area contributed by atoms with E-state index in [1.807, 2.05) is 13.2 Å². The lowest BCUT2D eigenvalue weighted by molar-refractivity contribution is -0.671. The molecule has 1 aliphatic heterocycles. The van der Waals surface area contributed by atoms with E-state index in [1.165, 1.54) is 16.8 Å². The number of aromatic nitrogens is 3. The summed E-state index contributed by atoms with van der Waals surface area (Å²) in [5.74, 6) is -0.483. The number of ether oxygens (including phenoxy) is 2. The summed E-state index contributed by atoms with van der Waals surface area (Å²) in [5, 5.41) is -0.00924. The number of H-pyrrole nitrogens is 1. The monoisotopic (exact) mass is 488 g/mol. The highest BCUT2D eigenvalue weighted by Gasteiger charge is 2.43. The molecule has 1 fully saturated rings. The number of esters is 1. The van der Waals surface area contributed by atoms with Crippen LogP contribution in [0.4, 0.5) is 0 Å². The number of carbonyl (C=O) groups is 1. The standard InChI is InChI=1S/C24H33N3O6Si/c1-8-16-14-27(23(30)25-21(16)28)20-12-18(33-22(29)17-10-9-11-26(5)13-17)19(32-20)15-31-34(6,7)24(2,3)4/h8-11,13-14,18-20H,1,12,15H2,2-7H3/p+1/t18-,19+,20+/m0/s1. The first-order valence-corrected chi connectivity index (χ1v) is 14.2. The normalized spacial score (nSPS) is 20.8. The highest BCUT2D eigenvalue weighted by Crippen LogP contribution is 2.38. The smallest absolute Gasteiger partial charge is 0.344 e. The number of rotatable bonds is 7. The summed E-state index contributed by atoms with van der Waals surface area (Å²) in [6, 6.07) is 3.44. The van der Waals surface area contributed by atoms with E-state index in [0.29, 0.717) is 5.56 Å². The van der Waals surface area contributed by atoms with Gasteiger partial charge in [-0.05, 0) is 24.2 Å². The van der Waals surface area contributed by atoms with Crippen LogP contribution >= 0.6 is 0 Å². The van der Waals surface area contributed by atoms with Crippen molar-refractivity contribution < 1.29 is 23.3 Å². The Morgan fingerprint density at radius 3 is 2.71 bits per heavy atom. The number of nitrogens with one attached hydrogen (secondary N) is 1. The van der Waals surface area contributed by atoms with Gasteiger partial charge in [0.25, 0.3) is 5.56 Å². The van der Waals surface area contributed by atoms with E-state index in [4.69, 9.17) is 13.9 Å². The Labute approximate surface area is 200 Å². The molecular weight excluding hydrogens is 454 g/mol. The summed E-state index contributed by atoms with van der Waals surface area (Å²) in [5.41, 5.74) is -0.471. The molecule has 0 spiro atoms. The van der Waals surface area contributed by atoms with Gasteiger partial charge in [-0.1, -0.05) is 33.4 Å². The largest absolute Gasteiger partial charge is 0.456 e. The van der Waals surface area contributed by atoms with Gasteiger partial charge in [0, 0.05) is 18.7 Å². The summed E-state index contributed by atoms with van der Waals surface area (Å²) >= 11 is 0. The fourth-order valence-electron chi connectivity index (χ4n) is 3.43. The van der Waals surface area contributed by atoms with Crippen molar-refractivity contribution in [3.05, 3.63) is 69.3 Å². The van der Waals surface area contributed by atoms with Crippen molar-refractivity contribution >= 4 is 20.4 Å². The van der Waals surface area contributed by atoms with E-state index >= 15 is 0 Å². The topological polar surface area (TPSA) is 104 Å². The van der Waals surface area contributed by atoms with E-state index in [1.54, 1.807) is 22.9 Å². The molecule has 10 heteroatoms. The molecule has 3 rings (SSSR count). The summed E-state index contributed by atoms with van der Waals surface area (Å²) in [6.07, 6.45) is 4.56. The summed E-state index contributed by atoms with van der Waals surface area (Å²) in [6.45, 7) is 14.5. The van der Waals surface area contributed by atoms with Crippen LogP contribution in [0.1, 0.15) is 49.3 Å². The predicted octanol–water partition coefficient (Wildman–Crippen LogP) is 2.54. The van der Waals surface area contributed by atoms with Crippen LogP contribution in [0.2, 0.25) is 18.1 Å². The van der Waals surface area contributed by atoms with Gasteiger partial charge in [0.1, 0.15) is 31.0 Å². The minimum atomic E-state index is -2.10. The Morgan fingerprint density at radius 1 is 1.38 bits per heavy atom. The van der Waals surface area contributed by atoms with Crippen LogP contribution in [-0.4, -0.2) is 42.7 Å². The average molecular weight is 489 g/mol. The van der Waals surface area contributed by atoms with Gasteiger partial charge in [-0.15, -0.1) is 0 Å². The first-order chi connectivity index (χ1) is 15.8. The number of aromatic amines is 1. The van der Waals surface area contributed by atoms with Gasteiger partial charge < -0.3 is 13.9 Å². The molecule has 9 nitrogen and oxygen atoms in total.